The number of carbonyl (C=O) groups excluding carboxylic acids is 2. The Hall–Kier alpha value is -2.34. The van der Waals surface area contributed by atoms with Crippen LogP contribution in [0, 0.1) is 0 Å². The van der Waals surface area contributed by atoms with Crippen molar-refractivity contribution >= 4 is 40.1 Å². The Morgan fingerprint density at radius 2 is 1.96 bits per heavy atom. The van der Waals surface area contributed by atoms with Crippen molar-refractivity contribution in [2.45, 2.75) is 6.92 Å². The molecular weight excluding hydrogens is 330 g/mol. The van der Waals surface area contributed by atoms with Gasteiger partial charge in [0.05, 0.1) is 23.3 Å². The number of aromatic nitrogens is 1. The second-order valence-corrected chi connectivity index (χ2v) is 6.06. The van der Waals surface area contributed by atoms with Crippen molar-refractivity contribution < 1.29 is 14.3 Å². The van der Waals surface area contributed by atoms with E-state index in [9.17, 15) is 9.59 Å². The van der Waals surface area contributed by atoms with Crippen molar-refractivity contribution in [3.05, 3.63) is 35.0 Å². The van der Waals surface area contributed by atoms with Crippen LogP contribution in [0.2, 0.25) is 5.02 Å². The molecular formula is C17H18ClN3O3. The maximum Gasteiger partial charge on any atom is 0.409 e. The second-order valence-electron chi connectivity index (χ2n) is 5.65. The van der Waals surface area contributed by atoms with Gasteiger partial charge < -0.3 is 14.5 Å². The van der Waals surface area contributed by atoms with Gasteiger partial charge in [0.2, 0.25) is 0 Å². The molecule has 0 unspecified atom stereocenters. The minimum absolute atomic E-state index is 0.0603. The molecule has 0 N–H and O–H groups in total. The van der Waals surface area contributed by atoms with Crippen molar-refractivity contribution in [3.8, 4) is 0 Å². The molecule has 0 bridgehead atoms. The monoisotopic (exact) mass is 347 g/mol. The number of benzene rings is 1. The number of ether oxygens (including phenoxy) is 1. The highest BCUT2D eigenvalue weighted by Crippen LogP contribution is 2.35. The van der Waals surface area contributed by atoms with Gasteiger partial charge in [-0.3, -0.25) is 9.78 Å². The van der Waals surface area contributed by atoms with Crippen molar-refractivity contribution in [3.63, 3.8) is 0 Å². The average molecular weight is 348 g/mol. The Labute approximate surface area is 145 Å². The van der Waals surface area contributed by atoms with Crippen LogP contribution in [-0.2, 0) is 4.74 Å². The zero-order chi connectivity index (χ0) is 17.3. The molecule has 126 valence electrons. The molecule has 0 saturated carbocycles. The highest BCUT2D eigenvalue weighted by Gasteiger charge is 2.26. The van der Waals surface area contributed by atoms with Gasteiger partial charge in [-0.1, -0.05) is 11.6 Å². The quantitative estimate of drug-likeness (QED) is 0.781. The molecule has 1 aromatic carbocycles. The summed E-state index contributed by atoms with van der Waals surface area (Å²) in [6.45, 7) is 3.78. The van der Waals surface area contributed by atoms with E-state index in [1.54, 1.807) is 17.2 Å². The van der Waals surface area contributed by atoms with Crippen molar-refractivity contribution in [1.29, 1.82) is 0 Å². The van der Waals surface area contributed by atoms with E-state index in [-0.39, 0.29) is 11.9 Å². The number of pyridine rings is 1. The maximum absolute atomic E-state index is 12.1. The minimum atomic E-state index is -0.333. The lowest BCUT2D eigenvalue weighted by atomic mass is 10.0. The Balaban J connectivity index is 2.03. The summed E-state index contributed by atoms with van der Waals surface area (Å²) < 4.78 is 4.76. The van der Waals surface area contributed by atoms with Gasteiger partial charge in [-0.2, -0.15) is 0 Å². The van der Waals surface area contributed by atoms with Crippen LogP contribution in [0.3, 0.4) is 0 Å². The Morgan fingerprint density at radius 3 is 2.58 bits per heavy atom. The zero-order valence-electron chi connectivity index (χ0n) is 13.6. The molecule has 0 aliphatic carbocycles. The molecule has 1 fully saturated rings. The van der Waals surface area contributed by atoms with Crippen LogP contribution >= 0.6 is 11.6 Å². The number of piperazine rings is 1. The van der Waals surface area contributed by atoms with Crippen LogP contribution in [0.25, 0.3) is 10.9 Å². The van der Waals surface area contributed by atoms with Crippen LogP contribution in [0.5, 0.6) is 0 Å². The average Bonchev–Trinajstić information content (AvgIpc) is 2.61. The molecule has 24 heavy (non-hydrogen) atoms. The largest absolute Gasteiger partial charge is 0.453 e. The maximum atomic E-state index is 12.1. The zero-order valence-corrected chi connectivity index (χ0v) is 14.3. The number of hydrogen-bond acceptors (Lipinski definition) is 5. The first-order chi connectivity index (χ1) is 11.5. The summed E-state index contributed by atoms with van der Waals surface area (Å²) in [5, 5.41) is 1.33. The first-order valence-corrected chi connectivity index (χ1v) is 8.06. The van der Waals surface area contributed by atoms with E-state index in [0.717, 1.165) is 11.1 Å². The second kappa shape index (κ2) is 6.65. The molecule has 0 radical (unpaired) electrons. The Kier molecular flexibility index (Phi) is 4.57. The lowest BCUT2D eigenvalue weighted by Crippen LogP contribution is -2.49. The van der Waals surface area contributed by atoms with Gasteiger partial charge in [0.15, 0.2) is 5.78 Å². The number of methoxy groups -OCH3 is 1. The Bertz CT molecular complexity index is 801. The van der Waals surface area contributed by atoms with Crippen molar-refractivity contribution in [2.24, 2.45) is 0 Å². The van der Waals surface area contributed by atoms with E-state index in [1.165, 1.54) is 14.0 Å². The smallest absolute Gasteiger partial charge is 0.409 e. The van der Waals surface area contributed by atoms with E-state index in [4.69, 9.17) is 16.3 Å². The summed E-state index contributed by atoms with van der Waals surface area (Å²) in [4.78, 5) is 31.9. The number of carbonyl (C=O) groups is 2. The molecule has 1 saturated heterocycles. The normalized spacial score (nSPS) is 14.8. The van der Waals surface area contributed by atoms with E-state index >= 15 is 0 Å². The third kappa shape index (κ3) is 2.89. The fourth-order valence-electron chi connectivity index (χ4n) is 3.02. The van der Waals surface area contributed by atoms with Gasteiger partial charge in [0.1, 0.15) is 0 Å². The molecule has 2 heterocycles. The van der Waals surface area contributed by atoms with E-state index < -0.39 is 0 Å². The molecule has 2 aromatic rings. The number of anilines is 1. The van der Waals surface area contributed by atoms with Gasteiger partial charge in [-0.05, 0) is 25.1 Å². The number of Topliss-reactive ketones (excluding diaryl/α,β-unsaturated/α-hetero) is 1. The molecule has 0 atom stereocenters. The lowest BCUT2D eigenvalue weighted by molar-refractivity contribution is 0.101. The summed E-state index contributed by atoms with van der Waals surface area (Å²) in [6, 6.07) is 5.42. The van der Waals surface area contributed by atoms with Gasteiger partial charge >= 0.3 is 6.09 Å². The number of amides is 1. The predicted octanol–water partition coefficient (Wildman–Crippen LogP) is 2.98. The molecule has 0 spiro atoms. The summed E-state index contributed by atoms with van der Waals surface area (Å²) in [6.07, 6.45) is 1.36. The van der Waals surface area contributed by atoms with Crippen LogP contribution in [0.15, 0.2) is 24.4 Å². The number of ketones is 1. The van der Waals surface area contributed by atoms with E-state index in [0.29, 0.717) is 42.3 Å². The number of rotatable bonds is 2. The van der Waals surface area contributed by atoms with E-state index in [2.05, 4.69) is 9.88 Å². The highest BCUT2D eigenvalue weighted by atomic mass is 35.5. The van der Waals surface area contributed by atoms with Crippen LogP contribution < -0.4 is 4.90 Å². The van der Waals surface area contributed by atoms with Crippen LogP contribution in [0.4, 0.5) is 10.5 Å². The van der Waals surface area contributed by atoms with Gasteiger partial charge in [-0.25, -0.2) is 4.79 Å². The SMILES string of the molecule is COC(=O)N1CCN(c2c(C(C)=O)cc(Cl)c3cccnc23)CC1. The molecule has 1 aliphatic rings. The summed E-state index contributed by atoms with van der Waals surface area (Å²) >= 11 is 6.32. The third-order valence-electron chi connectivity index (χ3n) is 4.22. The van der Waals surface area contributed by atoms with Gasteiger partial charge in [0.25, 0.3) is 0 Å². The van der Waals surface area contributed by atoms with Gasteiger partial charge in [-0.15, -0.1) is 0 Å². The highest BCUT2D eigenvalue weighted by molar-refractivity contribution is 6.36. The van der Waals surface area contributed by atoms with E-state index in [1.807, 2.05) is 12.1 Å². The molecule has 3 rings (SSSR count). The van der Waals surface area contributed by atoms with Gasteiger partial charge in [0, 0.05) is 43.3 Å². The topological polar surface area (TPSA) is 62.7 Å². The number of nitrogens with zero attached hydrogens (tertiary/aromatic N) is 3. The number of halogens is 1. The Morgan fingerprint density at radius 1 is 1.25 bits per heavy atom. The number of fused-ring (bicyclic) bond motifs is 1. The van der Waals surface area contributed by atoms with Crippen LogP contribution in [0.1, 0.15) is 17.3 Å². The molecule has 1 amide bonds. The summed E-state index contributed by atoms with van der Waals surface area (Å²) in [5.74, 6) is -0.0603. The minimum Gasteiger partial charge on any atom is -0.453 e. The lowest BCUT2D eigenvalue weighted by Gasteiger charge is -2.36. The molecule has 1 aromatic heterocycles. The fourth-order valence-corrected chi connectivity index (χ4v) is 3.28. The molecule has 6 nitrogen and oxygen atoms in total. The van der Waals surface area contributed by atoms with Crippen LogP contribution in [-0.4, -0.2) is 55.0 Å². The molecule has 7 heteroatoms. The van der Waals surface area contributed by atoms with Crippen molar-refractivity contribution in [1.82, 2.24) is 9.88 Å². The predicted molar refractivity (Wildman–Crippen MR) is 92.9 cm³/mol. The first-order valence-electron chi connectivity index (χ1n) is 7.69. The standard InChI is InChI=1S/C17H18ClN3O3/c1-11(22)13-10-14(18)12-4-3-5-19-15(12)16(13)20-6-8-21(9-7-20)17(23)24-2/h3-5,10H,6-9H2,1-2H3. The summed E-state index contributed by atoms with van der Waals surface area (Å²) in [5.41, 5.74) is 2.05. The van der Waals surface area contributed by atoms with Crippen molar-refractivity contribution in [2.75, 3.05) is 38.2 Å². The third-order valence-corrected chi connectivity index (χ3v) is 4.54. The number of hydrogen-bond donors (Lipinski definition) is 0. The molecule has 1 aliphatic heterocycles. The fraction of sp³-hybridized carbons (Fsp3) is 0.353. The summed E-state index contributed by atoms with van der Waals surface area (Å²) in [7, 11) is 1.37. The first kappa shape index (κ1) is 16.5.